The molecule has 2 N–H and O–H groups in total. The monoisotopic (exact) mass is 351 g/mol. The van der Waals surface area contributed by atoms with Gasteiger partial charge in [-0.2, -0.15) is 5.10 Å². The number of nitrogens with zero attached hydrogens (tertiary/aromatic N) is 5. The number of guanidine groups is 1. The highest BCUT2D eigenvalue weighted by Gasteiger charge is 2.31. The fourth-order valence-electron chi connectivity index (χ4n) is 2.94. The molecule has 0 bridgehead atoms. The minimum Gasteiger partial charge on any atom is -0.357 e. The first kappa shape index (κ1) is 19.2. The third-order valence-corrected chi connectivity index (χ3v) is 4.47. The molecule has 1 saturated heterocycles. The SMILES string of the molecule is CCNC(=NCCn1cc([N+](=O)[O-])cn1)NC1CN(C(C)C)CC1C. The lowest BCUT2D eigenvalue weighted by molar-refractivity contribution is -0.385. The van der Waals surface area contributed by atoms with Crippen LogP contribution in [0.25, 0.3) is 0 Å². The molecule has 0 amide bonds. The molecule has 1 aromatic rings. The van der Waals surface area contributed by atoms with Gasteiger partial charge in [-0.05, 0) is 26.7 Å². The number of nitro groups is 1. The first-order valence-electron chi connectivity index (χ1n) is 8.86. The van der Waals surface area contributed by atoms with Crippen LogP contribution in [0.3, 0.4) is 0 Å². The van der Waals surface area contributed by atoms with Crippen molar-refractivity contribution in [1.82, 2.24) is 25.3 Å². The van der Waals surface area contributed by atoms with Crippen LogP contribution in [0.5, 0.6) is 0 Å². The molecule has 25 heavy (non-hydrogen) atoms. The van der Waals surface area contributed by atoms with Crippen molar-refractivity contribution in [3.8, 4) is 0 Å². The smallest absolute Gasteiger partial charge is 0.306 e. The van der Waals surface area contributed by atoms with Gasteiger partial charge in [-0.1, -0.05) is 6.92 Å². The van der Waals surface area contributed by atoms with Crippen molar-refractivity contribution in [3.05, 3.63) is 22.5 Å². The maximum absolute atomic E-state index is 10.7. The molecular formula is C16H29N7O2. The van der Waals surface area contributed by atoms with Gasteiger partial charge in [0.15, 0.2) is 5.96 Å². The fraction of sp³-hybridized carbons (Fsp3) is 0.750. The number of hydrogen-bond acceptors (Lipinski definition) is 5. The summed E-state index contributed by atoms with van der Waals surface area (Å²) in [5, 5.41) is 21.5. The number of aliphatic imine (C=N–C) groups is 1. The molecule has 0 spiro atoms. The highest BCUT2D eigenvalue weighted by atomic mass is 16.6. The molecule has 1 aliphatic rings. The molecule has 0 aliphatic carbocycles. The predicted molar refractivity (Wildman–Crippen MR) is 97.7 cm³/mol. The molecule has 1 fully saturated rings. The van der Waals surface area contributed by atoms with Crippen LogP contribution in [0.2, 0.25) is 0 Å². The Balaban J connectivity index is 1.90. The van der Waals surface area contributed by atoms with Crippen LogP contribution in [0, 0.1) is 16.0 Å². The Morgan fingerprint density at radius 3 is 2.84 bits per heavy atom. The zero-order chi connectivity index (χ0) is 18.4. The third-order valence-electron chi connectivity index (χ3n) is 4.47. The lowest BCUT2D eigenvalue weighted by Crippen LogP contribution is -2.47. The van der Waals surface area contributed by atoms with E-state index in [-0.39, 0.29) is 5.69 Å². The fourth-order valence-corrected chi connectivity index (χ4v) is 2.94. The molecule has 9 heteroatoms. The first-order chi connectivity index (χ1) is 11.9. The number of hydrogen-bond donors (Lipinski definition) is 2. The summed E-state index contributed by atoms with van der Waals surface area (Å²) in [6, 6.07) is 0.912. The van der Waals surface area contributed by atoms with Gasteiger partial charge in [0, 0.05) is 31.7 Å². The van der Waals surface area contributed by atoms with E-state index in [0.717, 1.165) is 25.6 Å². The van der Waals surface area contributed by atoms with Crippen molar-refractivity contribution >= 4 is 11.6 Å². The second-order valence-corrected chi connectivity index (χ2v) is 6.76. The second-order valence-electron chi connectivity index (χ2n) is 6.76. The molecule has 1 aromatic heterocycles. The number of nitrogens with one attached hydrogen (secondary N) is 2. The first-order valence-corrected chi connectivity index (χ1v) is 8.86. The van der Waals surface area contributed by atoms with Crippen LogP contribution < -0.4 is 10.6 Å². The average Bonchev–Trinajstić information content (AvgIpc) is 3.15. The predicted octanol–water partition coefficient (Wildman–Crippen LogP) is 1.08. The lowest BCUT2D eigenvalue weighted by atomic mass is 10.1. The van der Waals surface area contributed by atoms with E-state index in [1.165, 1.54) is 12.4 Å². The summed E-state index contributed by atoms with van der Waals surface area (Å²) >= 11 is 0. The Hall–Kier alpha value is -2.16. The van der Waals surface area contributed by atoms with E-state index in [0.29, 0.717) is 31.1 Å². The van der Waals surface area contributed by atoms with Gasteiger partial charge in [0.25, 0.3) is 0 Å². The van der Waals surface area contributed by atoms with E-state index in [4.69, 9.17) is 0 Å². The van der Waals surface area contributed by atoms with Crippen LogP contribution in [0.4, 0.5) is 5.69 Å². The molecule has 0 radical (unpaired) electrons. The van der Waals surface area contributed by atoms with Crippen molar-refractivity contribution in [1.29, 1.82) is 0 Å². The van der Waals surface area contributed by atoms with Gasteiger partial charge in [-0.3, -0.25) is 24.7 Å². The van der Waals surface area contributed by atoms with E-state index < -0.39 is 4.92 Å². The van der Waals surface area contributed by atoms with Gasteiger partial charge in [0.1, 0.15) is 12.4 Å². The highest BCUT2D eigenvalue weighted by Crippen LogP contribution is 2.18. The molecule has 140 valence electrons. The van der Waals surface area contributed by atoms with E-state index in [1.807, 2.05) is 6.92 Å². The molecule has 9 nitrogen and oxygen atoms in total. The van der Waals surface area contributed by atoms with Crippen molar-refractivity contribution in [3.63, 3.8) is 0 Å². The second kappa shape index (κ2) is 8.80. The van der Waals surface area contributed by atoms with Crippen LogP contribution in [0.15, 0.2) is 17.4 Å². The minimum absolute atomic E-state index is 0.00238. The molecule has 2 unspecified atom stereocenters. The van der Waals surface area contributed by atoms with Gasteiger partial charge in [-0.15, -0.1) is 0 Å². The van der Waals surface area contributed by atoms with Crippen LogP contribution in [-0.2, 0) is 6.54 Å². The van der Waals surface area contributed by atoms with Crippen molar-refractivity contribution in [2.75, 3.05) is 26.2 Å². The largest absolute Gasteiger partial charge is 0.357 e. The summed E-state index contributed by atoms with van der Waals surface area (Å²) in [7, 11) is 0. The minimum atomic E-state index is -0.444. The molecular weight excluding hydrogens is 322 g/mol. The summed E-state index contributed by atoms with van der Waals surface area (Å²) in [6.07, 6.45) is 2.68. The van der Waals surface area contributed by atoms with Gasteiger partial charge in [-0.25, -0.2) is 0 Å². The standard InChI is InChI=1S/C16H29N7O2/c1-5-17-16(20-15-11-21(12(2)3)9-13(15)4)18-6-7-22-10-14(8-19-22)23(24)25/h8,10,12-13,15H,5-7,9,11H2,1-4H3,(H2,17,18,20). The Kier molecular flexibility index (Phi) is 6.74. The zero-order valence-electron chi connectivity index (χ0n) is 15.5. The molecule has 2 atom stereocenters. The van der Waals surface area contributed by atoms with E-state index in [2.05, 4.69) is 46.4 Å². The van der Waals surface area contributed by atoms with Crippen LogP contribution in [0.1, 0.15) is 27.7 Å². The van der Waals surface area contributed by atoms with Gasteiger partial charge < -0.3 is 10.6 Å². The Morgan fingerprint density at radius 1 is 1.52 bits per heavy atom. The summed E-state index contributed by atoms with van der Waals surface area (Å²) < 4.78 is 1.55. The Labute approximate surface area is 148 Å². The van der Waals surface area contributed by atoms with Crippen LogP contribution >= 0.6 is 0 Å². The summed E-state index contributed by atoms with van der Waals surface area (Å²) in [5.74, 6) is 1.34. The highest BCUT2D eigenvalue weighted by molar-refractivity contribution is 5.80. The maximum atomic E-state index is 10.7. The van der Waals surface area contributed by atoms with Gasteiger partial charge >= 0.3 is 5.69 Å². The summed E-state index contributed by atoms with van der Waals surface area (Å²) in [4.78, 5) is 17.3. The zero-order valence-corrected chi connectivity index (χ0v) is 15.5. The van der Waals surface area contributed by atoms with Crippen molar-refractivity contribution < 1.29 is 4.92 Å². The van der Waals surface area contributed by atoms with Crippen molar-refractivity contribution in [2.24, 2.45) is 10.9 Å². The maximum Gasteiger partial charge on any atom is 0.306 e. The molecule has 0 saturated carbocycles. The number of aromatic nitrogens is 2. The summed E-state index contributed by atoms with van der Waals surface area (Å²) in [6.45, 7) is 12.6. The van der Waals surface area contributed by atoms with E-state index >= 15 is 0 Å². The van der Waals surface area contributed by atoms with Crippen molar-refractivity contribution in [2.45, 2.75) is 46.3 Å². The summed E-state index contributed by atoms with van der Waals surface area (Å²) in [5.41, 5.74) is 0.00238. The molecule has 1 aliphatic heterocycles. The molecule has 0 aromatic carbocycles. The van der Waals surface area contributed by atoms with E-state index in [1.54, 1.807) is 4.68 Å². The number of rotatable bonds is 7. The molecule has 2 rings (SSSR count). The van der Waals surface area contributed by atoms with E-state index in [9.17, 15) is 10.1 Å². The average molecular weight is 351 g/mol. The molecule has 2 heterocycles. The Morgan fingerprint density at radius 2 is 2.28 bits per heavy atom. The number of likely N-dealkylation sites (tertiary alicyclic amines) is 1. The van der Waals surface area contributed by atoms with Gasteiger partial charge in [0.05, 0.1) is 18.0 Å². The lowest BCUT2D eigenvalue weighted by Gasteiger charge is -2.21. The van der Waals surface area contributed by atoms with Crippen LogP contribution in [-0.4, -0.2) is 63.8 Å². The topological polar surface area (TPSA) is 101 Å². The Bertz CT molecular complexity index is 599. The third kappa shape index (κ3) is 5.42. The quantitative estimate of drug-likeness (QED) is 0.330. The van der Waals surface area contributed by atoms with Gasteiger partial charge in [0.2, 0.25) is 0 Å². The normalized spacial score (nSPS) is 21.7.